The topological polar surface area (TPSA) is 61.4 Å². The smallest absolute Gasteiger partial charge is 0.239 e. The Balaban J connectivity index is 1.84. The normalized spacial score (nSPS) is 14.1. The third-order valence-electron chi connectivity index (χ3n) is 3.64. The van der Waals surface area contributed by atoms with E-state index in [0.717, 1.165) is 12.8 Å². The molecule has 2 N–H and O–H groups in total. The molecule has 1 aromatic rings. The number of hydrogen-bond acceptors (Lipinski definition) is 3. The van der Waals surface area contributed by atoms with Crippen LogP contribution in [0.4, 0.5) is 4.39 Å². The van der Waals surface area contributed by atoms with E-state index in [2.05, 4.69) is 10.6 Å². The van der Waals surface area contributed by atoms with Gasteiger partial charge in [-0.3, -0.25) is 14.5 Å². The predicted molar refractivity (Wildman–Crippen MR) is 86.1 cm³/mol. The van der Waals surface area contributed by atoms with Crippen LogP contribution >= 0.6 is 0 Å². The first-order valence-corrected chi connectivity index (χ1v) is 7.99. The van der Waals surface area contributed by atoms with Gasteiger partial charge in [-0.15, -0.1) is 0 Å². The number of rotatable bonds is 8. The fourth-order valence-electron chi connectivity index (χ4n) is 2.39. The van der Waals surface area contributed by atoms with E-state index in [9.17, 15) is 14.0 Å². The molecule has 2 rings (SSSR count). The lowest BCUT2D eigenvalue weighted by molar-refractivity contribution is -0.127. The molecule has 0 aromatic heterocycles. The highest BCUT2D eigenvalue weighted by molar-refractivity contribution is 5.85. The molecule has 1 aromatic carbocycles. The molecule has 23 heavy (non-hydrogen) atoms. The van der Waals surface area contributed by atoms with Gasteiger partial charge in [0.2, 0.25) is 11.8 Å². The van der Waals surface area contributed by atoms with Crippen molar-refractivity contribution in [1.29, 1.82) is 0 Å². The van der Waals surface area contributed by atoms with Gasteiger partial charge in [-0.1, -0.05) is 18.2 Å². The van der Waals surface area contributed by atoms with Crippen molar-refractivity contribution >= 4 is 11.8 Å². The van der Waals surface area contributed by atoms with E-state index >= 15 is 0 Å². The molecule has 0 atom stereocenters. The Kier molecular flexibility index (Phi) is 6.10. The molecule has 1 saturated carbocycles. The van der Waals surface area contributed by atoms with Crippen LogP contribution < -0.4 is 10.6 Å². The van der Waals surface area contributed by atoms with Gasteiger partial charge in [0, 0.05) is 24.2 Å². The third kappa shape index (κ3) is 5.98. The first kappa shape index (κ1) is 17.4. The van der Waals surface area contributed by atoms with Gasteiger partial charge in [0.25, 0.3) is 0 Å². The SMILES string of the molecule is CC(C)NC(=O)CNC(=O)CN(Cc1ccccc1F)C1CC1. The molecule has 0 heterocycles. The fourth-order valence-corrected chi connectivity index (χ4v) is 2.39. The van der Waals surface area contributed by atoms with Gasteiger partial charge in [-0.2, -0.15) is 0 Å². The van der Waals surface area contributed by atoms with Crippen LogP contribution in [-0.4, -0.2) is 41.9 Å². The quantitative estimate of drug-likeness (QED) is 0.761. The molecule has 0 radical (unpaired) electrons. The average molecular weight is 321 g/mol. The van der Waals surface area contributed by atoms with Crippen molar-refractivity contribution in [3.8, 4) is 0 Å². The van der Waals surface area contributed by atoms with Crippen LogP contribution in [0, 0.1) is 5.82 Å². The number of carbonyl (C=O) groups excluding carboxylic acids is 2. The summed E-state index contributed by atoms with van der Waals surface area (Å²) in [6, 6.07) is 6.98. The summed E-state index contributed by atoms with van der Waals surface area (Å²) in [7, 11) is 0. The molecule has 0 spiro atoms. The first-order valence-electron chi connectivity index (χ1n) is 7.99. The van der Waals surface area contributed by atoms with Gasteiger partial charge in [0.1, 0.15) is 5.82 Å². The molecule has 1 aliphatic carbocycles. The van der Waals surface area contributed by atoms with Crippen LogP contribution in [0.1, 0.15) is 32.3 Å². The summed E-state index contributed by atoms with van der Waals surface area (Å²) in [6.07, 6.45) is 2.05. The minimum atomic E-state index is -0.255. The van der Waals surface area contributed by atoms with Crippen LogP contribution in [0.2, 0.25) is 0 Å². The monoisotopic (exact) mass is 321 g/mol. The Hall–Kier alpha value is -1.95. The molecule has 2 amide bonds. The van der Waals surface area contributed by atoms with Crippen LogP contribution in [-0.2, 0) is 16.1 Å². The second kappa shape index (κ2) is 8.06. The van der Waals surface area contributed by atoms with Crippen molar-refractivity contribution < 1.29 is 14.0 Å². The molecule has 5 nitrogen and oxygen atoms in total. The summed E-state index contributed by atoms with van der Waals surface area (Å²) in [5.41, 5.74) is 0.588. The molecule has 0 saturated heterocycles. The minimum Gasteiger partial charge on any atom is -0.352 e. The highest BCUT2D eigenvalue weighted by Crippen LogP contribution is 2.28. The third-order valence-corrected chi connectivity index (χ3v) is 3.64. The largest absolute Gasteiger partial charge is 0.352 e. The average Bonchev–Trinajstić information content (AvgIpc) is 3.30. The number of nitrogens with one attached hydrogen (secondary N) is 2. The molecular formula is C17H24FN3O2. The molecule has 0 aliphatic heterocycles. The van der Waals surface area contributed by atoms with Crippen LogP contribution in [0.5, 0.6) is 0 Å². The summed E-state index contributed by atoms with van der Waals surface area (Å²) in [4.78, 5) is 25.5. The van der Waals surface area contributed by atoms with E-state index in [1.54, 1.807) is 18.2 Å². The van der Waals surface area contributed by atoms with Crippen molar-refractivity contribution in [3.05, 3.63) is 35.6 Å². The standard InChI is InChI=1S/C17H24FN3O2/c1-12(2)20-16(22)9-19-17(23)11-21(14-7-8-14)10-13-5-3-4-6-15(13)18/h3-6,12,14H,7-11H2,1-2H3,(H,19,23)(H,20,22). The second-order valence-electron chi connectivity index (χ2n) is 6.23. The molecule has 0 unspecified atom stereocenters. The highest BCUT2D eigenvalue weighted by atomic mass is 19.1. The van der Waals surface area contributed by atoms with E-state index in [1.807, 2.05) is 18.7 Å². The van der Waals surface area contributed by atoms with Crippen molar-refractivity contribution in [2.75, 3.05) is 13.1 Å². The molecule has 1 aliphatic rings. The number of hydrogen-bond donors (Lipinski definition) is 2. The Morgan fingerprint density at radius 1 is 1.26 bits per heavy atom. The number of nitrogens with zero attached hydrogens (tertiary/aromatic N) is 1. The van der Waals surface area contributed by atoms with Crippen molar-refractivity contribution in [2.45, 2.75) is 45.3 Å². The van der Waals surface area contributed by atoms with Gasteiger partial charge < -0.3 is 10.6 Å². The number of amides is 2. The van der Waals surface area contributed by atoms with E-state index in [0.29, 0.717) is 18.2 Å². The summed E-state index contributed by atoms with van der Waals surface area (Å²) >= 11 is 0. The lowest BCUT2D eigenvalue weighted by Crippen LogP contribution is -2.43. The molecular weight excluding hydrogens is 297 g/mol. The zero-order valence-corrected chi connectivity index (χ0v) is 13.6. The lowest BCUT2D eigenvalue weighted by atomic mass is 10.2. The van der Waals surface area contributed by atoms with Gasteiger partial charge in [0.05, 0.1) is 13.1 Å². The molecule has 1 fully saturated rings. The van der Waals surface area contributed by atoms with Crippen molar-refractivity contribution in [2.24, 2.45) is 0 Å². The zero-order valence-electron chi connectivity index (χ0n) is 13.6. The number of carbonyl (C=O) groups is 2. The fraction of sp³-hybridized carbons (Fsp3) is 0.529. The zero-order chi connectivity index (χ0) is 16.8. The Labute approximate surface area is 136 Å². The maximum atomic E-state index is 13.8. The van der Waals surface area contributed by atoms with E-state index in [4.69, 9.17) is 0 Å². The van der Waals surface area contributed by atoms with Gasteiger partial charge in [-0.25, -0.2) is 4.39 Å². The summed E-state index contributed by atoms with van der Waals surface area (Å²) in [6.45, 7) is 4.28. The Morgan fingerprint density at radius 3 is 2.57 bits per heavy atom. The molecule has 126 valence electrons. The second-order valence-corrected chi connectivity index (χ2v) is 6.23. The summed E-state index contributed by atoms with van der Waals surface area (Å²) < 4.78 is 13.8. The van der Waals surface area contributed by atoms with Gasteiger partial charge >= 0.3 is 0 Å². The highest BCUT2D eigenvalue weighted by Gasteiger charge is 2.30. The maximum Gasteiger partial charge on any atom is 0.239 e. The first-order chi connectivity index (χ1) is 11.0. The number of halogens is 1. The van der Waals surface area contributed by atoms with Crippen molar-refractivity contribution in [1.82, 2.24) is 15.5 Å². The Morgan fingerprint density at radius 2 is 1.96 bits per heavy atom. The van der Waals surface area contributed by atoms with Crippen LogP contribution in [0.15, 0.2) is 24.3 Å². The maximum absolute atomic E-state index is 13.8. The van der Waals surface area contributed by atoms with Crippen LogP contribution in [0.3, 0.4) is 0 Å². The Bertz CT molecular complexity index is 559. The van der Waals surface area contributed by atoms with Crippen LogP contribution in [0.25, 0.3) is 0 Å². The minimum absolute atomic E-state index is 0.0325. The van der Waals surface area contributed by atoms with E-state index in [1.165, 1.54) is 6.07 Å². The summed E-state index contributed by atoms with van der Waals surface area (Å²) in [5, 5.41) is 5.33. The molecule has 6 heteroatoms. The predicted octanol–water partition coefficient (Wildman–Crippen LogP) is 1.43. The van der Waals surface area contributed by atoms with E-state index in [-0.39, 0.29) is 36.8 Å². The lowest BCUT2D eigenvalue weighted by Gasteiger charge is -2.21. The van der Waals surface area contributed by atoms with Gasteiger partial charge in [-0.05, 0) is 32.8 Å². The molecule has 0 bridgehead atoms. The van der Waals surface area contributed by atoms with Gasteiger partial charge in [0.15, 0.2) is 0 Å². The summed E-state index contributed by atoms with van der Waals surface area (Å²) in [5.74, 6) is -0.678. The van der Waals surface area contributed by atoms with Crippen molar-refractivity contribution in [3.63, 3.8) is 0 Å². The number of benzene rings is 1. The van der Waals surface area contributed by atoms with E-state index < -0.39 is 0 Å².